The SMILES string of the molecule is CC=CCC(C)C1OC(C)C2C(=O)N(C)C1C(=O)NC(CC)C(=O)N(C)C(C)C(=O)N(C)C(C(C)CN(C)Cc1cccnc1)C(=O)NC(C(C)C)CN(C)C(CC(C)C)C(=O)NC(C)C(=O)NC(C)C(=O)N(C)C(CC(C)C)C(=O)N(C)C(CC(C)C)C(=O)N2C. The summed E-state index contributed by atoms with van der Waals surface area (Å²) >= 11 is 0. The molecular weight excluding hydrogens is 1170 g/mol. The van der Waals surface area contributed by atoms with Crippen LogP contribution in [0.15, 0.2) is 36.7 Å². The summed E-state index contributed by atoms with van der Waals surface area (Å²) in [7, 11) is 12.6. The number of hydrogen-bond donors (Lipinski definition) is 4. The van der Waals surface area contributed by atoms with Crippen LogP contribution in [0.2, 0.25) is 0 Å². The molecule has 24 nitrogen and oxygen atoms in total. The van der Waals surface area contributed by atoms with Gasteiger partial charge >= 0.3 is 0 Å². The van der Waals surface area contributed by atoms with Gasteiger partial charge in [-0.1, -0.05) is 94.4 Å². The van der Waals surface area contributed by atoms with E-state index in [4.69, 9.17) is 4.74 Å². The molecule has 0 radical (unpaired) electrons. The Kier molecular flexibility index (Phi) is 31.4. The number of rotatable bonds is 16. The van der Waals surface area contributed by atoms with Crippen LogP contribution in [0.4, 0.5) is 0 Å². The fourth-order valence-electron chi connectivity index (χ4n) is 12.6. The Balaban J connectivity index is 2.32. The first-order chi connectivity index (χ1) is 42.8. The summed E-state index contributed by atoms with van der Waals surface area (Å²) in [4.78, 5) is 165. The van der Waals surface area contributed by atoms with E-state index in [-0.39, 0.29) is 55.4 Å². The maximum atomic E-state index is 15.3. The summed E-state index contributed by atoms with van der Waals surface area (Å²) in [5, 5.41) is 11.8. The van der Waals surface area contributed by atoms with E-state index in [0.717, 1.165) is 5.56 Å². The molecular formula is C68H117N13O11. The number of pyridine rings is 1. The molecule has 15 atom stereocenters. The highest BCUT2D eigenvalue weighted by Crippen LogP contribution is 2.30. The van der Waals surface area contributed by atoms with Crippen molar-refractivity contribution in [3.8, 4) is 0 Å². The average molecular weight is 1290 g/mol. The molecule has 3 heterocycles. The number of nitrogens with one attached hydrogen (secondary N) is 4. The molecule has 2 fully saturated rings. The number of aromatic nitrogens is 1. The molecule has 10 amide bonds. The lowest BCUT2D eigenvalue weighted by Crippen LogP contribution is -2.62. The molecule has 0 saturated carbocycles. The molecule has 2 bridgehead atoms. The number of likely N-dealkylation sites (N-methyl/N-ethyl adjacent to an activating group) is 7. The van der Waals surface area contributed by atoms with Crippen molar-refractivity contribution in [2.75, 3.05) is 69.5 Å². The van der Waals surface area contributed by atoms with E-state index < -0.39 is 144 Å². The molecule has 520 valence electrons. The molecule has 24 heteroatoms. The minimum absolute atomic E-state index is 0.0155. The number of carbonyl (C=O) groups is 10. The fourth-order valence-corrected chi connectivity index (χ4v) is 12.6. The zero-order valence-electron chi connectivity index (χ0n) is 60.1. The summed E-state index contributed by atoms with van der Waals surface area (Å²) in [5.74, 6) is -7.09. The first-order valence-electron chi connectivity index (χ1n) is 33.2. The summed E-state index contributed by atoms with van der Waals surface area (Å²) in [5.41, 5.74) is 0.944. The van der Waals surface area contributed by atoms with Crippen molar-refractivity contribution < 1.29 is 52.7 Å². The lowest BCUT2D eigenvalue weighted by molar-refractivity contribution is -0.155. The standard InChI is InChI=1S/C68H117N13O11/c1-25-27-29-43(11)58-57-62(85)72-50(26-2)65(88)76(19)47(15)64(87)79(22)55(44(12)36-74(17)37-49-30-28-31-69-35-49)61(84)73-51(42(9)10)38-75(18)52(32-39(3)4)60(83)70-45(13)59(82)71-46(14)63(86)77(20)53(33-40(5)6)66(89)78(21)54(34-41(7)8)67(90)80(23)56(48(16)92-58)68(91)81(57)24/h25,27-28,30-31,35,39-48,50-58H,26,29,32-34,36-38H2,1-24H3,(H,70,83)(H,71,82)(H,72,85)(H,73,84). The largest absolute Gasteiger partial charge is 0.370 e. The van der Waals surface area contributed by atoms with Gasteiger partial charge in [-0.2, -0.15) is 0 Å². The Hall–Kier alpha value is -6.53. The van der Waals surface area contributed by atoms with Crippen molar-refractivity contribution in [2.45, 2.75) is 228 Å². The number of fused-ring (bicyclic) bond motifs is 3. The second-order valence-corrected chi connectivity index (χ2v) is 28.0. The topological polar surface area (TPSA) is 267 Å². The smallest absolute Gasteiger partial charge is 0.248 e. The van der Waals surface area contributed by atoms with Gasteiger partial charge in [-0.25, -0.2) is 0 Å². The van der Waals surface area contributed by atoms with E-state index in [9.17, 15) is 19.2 Å². The Morgan fingerprint density at radius 1 is 0.587 bits per heavy atom. The third-order valence-electron chi connectivity index (χ3n) is 18.4. The normalized spacial score (nSPS) is 28.9. The summed E-state index contributed by atoms with van der Waals surface area (Å²) < 4.78 is 6.81. The predicted molar refractivity (Wildman–Crippen MR) is 357 cm³/mol. The van der Waals surface area contributed by atoms with Gasteiger partial charge in [-0.3, -0.25) is 57.8 Å². The van der Waals surface area contributed by atoms with Gasteiger partial charge < -0.3 is 60.3 Å². The number of carbonyl (C=O) groups excluding carboxylic acids is 10. The number of allylic oxidation sites excluding steroid dienone is 2. The second-order valence-electron chi connectivity index (χ2n) is 28.0. The van der Waals surface area contributed by atoms with Crippen LogP contribution in [0.1, 0.15) is 148 Å². The molecule has 0 spiro atoms. The van der Waals surface area contributed by atoms with E-state index in [1.165, 1.54) is 85.5 Å². The first kappa shape index (κ1) is 79.7. The van der Waals surface area contributed by atoms with Crippen LogP contribution in [0.3, 0.4) is 0 Å². The average Bonchev–Trinajstić information content (AvgIpc) is 1.61. The van der Waals surface area contributed by atoms with E-state index in [2.05, 4.69) is 26.3 Å². The van der Waals surface area contributed by atoms with E-state index in [1.807, 2.05) is 117 Å². The van der Waals surface area contributed by atoms with Gasteiger partial charge in [0.25, 0.3) is 0 Å². The minimum Gasteiger partial charge on any atom is -0.370 e. The molecule has 1 aromatic rings. The van der Waals surface area contributed by atoms with E-state index >= 15 is 28.8 Å². The Morgan fingerprint density at radius 3 is 1.64 bits per heavy atom. The van der Waals surface area contributed by atoms with Crippen molar-refractivity contribution >= 4 is 59.1 Å². The molecule has 2 aliphatic heterocycles. The van der Waals surface area contributed by atoms with Crippen LogP contribution >= 0.6 is 0 Å². The first-order valence-corrected chi connectivity index (χ1v) is 33.2. The van der Waals surface area contributed by atoms with Gasteiger partial charge in [0.15, 0.2) is 0 Å². The maximum Gasteiger partial charge on any atom is 0.248 e. The fraction of sp³-hybridized carbons (Fsp3) is 0.750. The molecule has 2 aliphatic rings. The quantitative estimate of drug-likeness (QED) is 0.171. The van der Waals surface area contributed by atoms with Crippen LogP contribution in [0, 0.1) is 35.5 Å². The number of amides is 10. The number of nitrogens with zero attached hydrogens (tertiary/aromatic N) is 9. The van der Waals surface area contributed by atoms with Crippen LogP contribution in [0.25, 0.3) is 0 Å². The molecule has 92 heavy (non-hydrogen) atoms. The molecule has 0 aliphatic carbocycles. The van der Waals surface area contributed by atoms with Crippen LogP contribution in [-0.2, 0) is 59.2 Å². The molecule has 0 aromatic carbocycles. The molecule has 2 saturated heterocycles. The van der Waals surface area contributed by atoms with Crippen molar-refractivity contribution in [2.24, 2.45) is 35.5 Å². The van der Waals surface area contributed by atoms with Crippen LogP contribution < -0.4 is 21.3 Å². The maximum absolute atomic E-state index is 15.3. The lowest BCUT2D eigenvalue weighted by Gasteiger charge is -2.39. The van der Waals surface area contributed by atoms with Crippen molar-refractivity contribution in [3.63, 3.8) is 0 Å². The highest BCUT2D eigenvalue weighted by molar-refractivity contribution is 5.99. The molecule has 1 aromatic heterocycles. The lowest BCUT2D eigenvalue weighted by atomic mass is 9.92. The third-order valence-corrected chi connectivity index (χ3v) is 18.4. The van der Waals surface area contributed by atoms with Crippen LogP contribution in [-0.4, -0.2) is 251 Å². The Morgan fingerprint density at radius 2 is 1.12 bits per heavy atom. The van der Waals surface area contributed by atoms with Gasteiger partial charge in [0.05, 0.1) is 18.2 Å². The predicted octanol–water partition coefficient (Wildman–Crippen LogP) is 4.02. The minimum atomic E-state index is -1.32. The van der Waals surface area contributed by atoms with Crippen LogP contribution in [0.5, 0.6) is 0 Å². The van der Waals surface area contributed by atoms with Crippen molar-refractivity contribution in [1.82, 2.24) is 65.5 Å². The van der Waals surface area contributed by atoms with E-state index in [1.54, 1.807) is 40.2 Å². The second kappa shape index (κ2) is 36.2. The summed E-state index contributed by atoms with van der Waals surface area (Å²) in [6, 6.07) is -8.17. The van der Waals surface area contributed by atoms with Gasteiger partial charge in [0.1, 0.15) is 54.4 Å². The zero-order chi connectivity index (χ0) is 70.1. The highest BCUT2D eigenvalue weighted by Gasteiger charge is 2.50. The number of ether oxygens (including phenoxy) is 1. The summed E-state index contributed by atoms with van der Waals surface area (Å²) in [6.45, 7) is 30.1. The third kappa shape index (κ3) is 21.2. The highest BCUT2D eigenvalue weighted by atomic mass is 16.5. The molecule has 15 unspecified atom stereocenters. The Labute approximate surface area is 550 Å². The van der Waals surface area contributed by atoms with Gasteiger partial charge in [-0.05, 0) is 128 Å². The Bertz CT molecular complexity index is 2680. The molecule has 4 N–H and O–H groups in total. The molecule has 3 rings (SSSR count). The summed E-state index contributed by atoms with van der Waals surface area (Å²) in [6.07, 6.45) is 6.54. The van der Waals surface area contributed by atoms with Gasteiger partial charge in [-0.15, -0.1) is 0 Å². The van der Waals surface area contributed by atoms with Gasteiger partial charge in [0.2, 0.25) is 59.1 Å². The van der Waals surface area contributed by atoms with Crippen molar-refractivity contribution in [1.29, 1.82) is 0 Å². The number of hydrogen-bond acceptors (Lipinski definition) is 14. The van der Waals surface area contributed by atoms with Gasteiger partial charge in [0, 0.05) is 80.4 Å². The van der Waals surface area contributed by atoms with Crippen molar-refractivity contribution in [3.05, 3.63) is 42.2 Å². The van der Waals surface area contributed by atoms with E-state index in [0.29, 0.717) is 25.9 Å². The monoisotopic (exact) mass is 1290 g/mol. The zero-order valence-corrected chi connectivity index (χ0v) is 60.1.